The van der Waals surface area contributed by atoms with Crippen molar-refractivity contribution in [1.82, 2.24) is 4.90 Å². The van der Waals surface area contributed by atoms with Gasteiger partial charge in [0.1, 0.15) is 0 Å². The van der Waals surface area contributed by atoms with Gasteiger partial charge in [0.05, 0.1) is 0 Å². The molecule has 2 rings (SSSR count). The molecule has 120 valence electrons. The summed E-state index contributed by atoms with van der Waals surface area (Å²) in [6, 6.07) is 9.28. The molecule has 1 amide bonds. The van der Waals surface area contributed by atoms with E-state index in [2.05, 4.69) is 0 Å². The number of alkyl halides is 3. The van der Waals surface area contributed by atoms with Crippen molar-refractivity contribution in [3.63, 3.8) is 0 Å². The number of amides is 1. The summed E-state index contributed by atoms with van der Waals surface area (Å²) in [5, 5.41) is 9.59. The average molecular weight is 313 g/mol. The van der Waals surface area contributed by atoms with Crippen LogP contribution in [0.1, 0.15) is 25.3 Å². The number of hydrogen-bond acceptors (Lipinski definition) is 2. The summed E-state index contributed by atoms with van der Waals surface area (Å²) >= 11 is 0. The highest BCUT2D eigenvalue weighted by Gasteiger charge is 2.54. The van der Waals surface area contributed by atoms with Crippen LogP contribution < -0.4 is 0 Å². The normalized spacial score (nSPS) is 19.1. The largest absolute Gasteiger partial charge is 0.417 e. The molecule has 1 heterocycles. The maximum atomic E-state index is 12.7. The van der Waals surface area contributed by atoms with Gasteiger partial charge in [-0.05, 0) is 18.1 Å². The number of piperidine rings is 1. The van der Waals surface area contributed by atoms with Gasteiger partial charge in [0, 0.05) is 32.0 Å². The van der Waals surface area contributed by atoms with Gasteiger partial charge < -0.3 is 10.0 Å². The Balaban J connectivity index is 2.02. The minimum Gasteiger partial charge on any atom is -0.380 e. The van der Waals surface area contributed by atoms with Gasteiger partial charge in [0.2, 0.25) is 5.91 Å². The number of halogens is 3. The standard InChI is InChI=1S/C16H18F3NO2/c1-12(13-5-3-2-4-6-13)11-14(21)20-9-7-15(22,8-10-20)16(17,18)19/h2-6,11,22H,7-10H2,1H3/b12-11-. The molecule has 0 bridgehead atoms. The van der Waals surface area contributed by atoms with Crippen molar-refractivity contribution >= 4 is 11.5 Å². The van der Waals surface area contributed by atoms with Crippen LogP contribution >= 0.6 is 0 Å². The molecule has 0 radical (unpaired) electrons. The van der Waals surface area contributed by atoms with Crippen LogP contribution in [0.15, 0.2) is 36.4 Å². The third-order valence-electron chi connectivity index (χ3n) is 4.00. The summed E-state index contributed by atoms with van der Waals surface area (Å²) in [7, 11) is 0. The number of aliphatic hydroxyl groups is 1. The lowest BCUT2D eigenvalue weighted by Crippen LogP contribution is -2.54. The second-order valence-electron chi connectivity index (χ2n) is 5.55. The summed E-state index contributed by atoms with van der Waals surface area (Å²) in [5.41, 5.74) is -1.04. The van der Waals surface area contributed by atoms with Crippen LogP contribution in [0, 0.1) is 0 Å². The van der Waals surface area contributed by atoms with Crippen molar-refractivity contribution in [2.24, 2.45) is 0 Å². The Labute approximate surface area is 127 Å². The zero-order valence-corrected chi connectivity index (χ0v) is 12.2. The molecule has 0 unspecified atom stereocenters. The first kappa shape index (κ1) is 16.5. The van der Waals surface area contributed by atoms with Crippen LogP contribution in [-0.4, -0.2) is 40.8 Å². The fourth-order valence-electron chi connectivity index (χ4n) is 2.44. The molecule has 0 saturated carbocycles. The fraction of sp³-hybridized carbons (Fsp3) is 0.438. The quantitative estimate of drug-likeness (QED) is 0.853. The van der Waals surface area contributed by atoms with Crippen molar-refractivity contribution in [3.8, 4) is 0 Å². The van der Waals surface area contributed by atoms with Gasteiger partial charge in [-0.1, -0.05) is 30.3 Å². The van der Waals surface area contributed by atoms with Crippen molar-refractivity contribution in [1.29, 1.82) is 0 Å². The van der Waals surface area contributed by atoms with Crippen LogP contribution in [-0.2, 0) is 4.79 Å². The summed E-state index contributed by atoms with van der Waals surface area (Å²) in [6.45, 7) is 1.57. The molecule has 1 aromatic rings. The monoisotopic (exact) mass is 313 g/mol. The number of nitrogens with zero attached hydrogens (tertiary/aromatic N) is 1. The Morgan fingerprint density at radius 3 is 2.27 bits per heavy atom. The van der Waals surface area contributed by atoms with Gasteiger partial charge in [-0.25, -0.2) is 0 Å². The minimum atomic E-state index is -4.65. The van der Waals surface area contributed by atoms with E-state index in [4.69, 9.17) is 0 Å². The molecule has 0 atom stereocenters. The van der Waals surface area contributed by atoms with E-state index in [9.17, 15) is 23.1 Å². The topological polar surface area (TPSA) is 40.5 Å². The van der Waals surface area contributed by atoms with E-state index in [-0.39, 0.29) is 19.0 Å². The second kappa shape index (κ2) is 6.12. The molecule has 0 spiro atoms. The molecule has 0 aromatic heterocycles. The molecular weight excluding hydrogens is 295 g/mol. The minimum absolute atomic E-state index is 0.104. The van der Waals surface area contributed by atoms with E-state index >= 15 is 0 Å². The van der Waals surface area contributed by atoms with Crippen LogP contribution in [0.25, 0.3) is 5.57 Å². The Morgan fingerprint density at radius 1 is 1.23 bits per heavy atom. The Bertz CT molecular complexity index is 559. The Morgan fingerprint density at radius 2 is 1.77 bits per heavy atom. The number of benzene rings is 1. The number of allylic oxidation sites excluding steroid dienone is 1. The molecule has 3 nitrogen and oxygen atoms in total. The molecular formula is C16H18F3NO2. The number of rotatable bonds is 2. The average Bonchev–Trinajstić information content (AvgIpc) is 2.47. The van der Waals surface area contributed by atoms with Crippen LogP contribution in [0.3, 0.4) is 0 Å². The lowest BCUT2D eigenvalue weighted by molar-refractivity contribution is -0.271. The Hall–Kier alpha value is -1.82. The van der Waals surface area contributed by atoms with Crippen molar-refractivity contribution in [2.75, 3.05) is 13.1 Å². The fourth-order valence-corrected chi connectivity index (χ4v) is 2.44. The third-order valence-corrected chi connectivity index (χ3v) is 4.00. The molecule has 22 heavy (non-hydrogen) atoms. The number of hydrogen-bond donors (Lipinski definition) is 1. The molecule has 0 aliphatic carbocycles. The highest BCUT2D eigenvalue weighted by molar-refractivity contribution is 5.94. The van der Waals surface area contributed by atoms with Gasteiger partial charge in [-0.3, -0.25) is 4.79 Å². The molecule has 6 heteroatoms. The number of carbonyl (C=O) groups is 1. The zero-order valence-electron chi connectivity index (χ0n) is 12.2. The number of carbonyl (C=O) groups excluding carboxylic acids is 1. The number of likely N-dealkylation sites (tertiary alicyclic amines) is 1. The highest BCUT2D eigenvalue weighted by Crippen LogP contribution is 2.38. The smallest absolute Gasteiger partial charge is 0.380 e. The molecule has 1 aliphatic heterocycles. The van der Waals surface area contributed by atoms with E-state index in [1.54, 1.807) is 6.92 Å². The van der Waals surface area contributed by atoms with E-state index in [0.717, 1.165) is 11.1 Å². The van der Waals surface area contributed by atoms with E-state index in [0.29, 0.717) is 0 Å². The van der Waals surface area contributed by atoms with Gasteiger partial charge in [-0.2, -0.15) is 13.2 Å². The van der Waals surface area contributed by atoms with Gasteiger partial charge >= 0.3 is 6.18 Å². The molecule has 1 N–H and O–H groups in total. The maximum absolute atomic E-state index is 12.7. The van der Waals surface area contributed by atoms with Crippen molar-refractivity contribution in [2.45, 2.75) is 31.5 Å². The first-order valence-electron chi connectivity index (χ1n) is 7.05. The molecule has 1 aliphatic rings. The summed E-state index contributed by atoms with van der Waals surface area (Å²) in [5.74, 6) is -0.328. The van der Waals surface area contributed by atoms with Gasteiger partial charge in [0.15, 0.2) is 5.60 Å². The summed E-state index contributed by atoms with van der Waals surface area (Å²) < 4.78 is 38.2. The maximum Gasteiger partial charge on any atom is 0.417 e. The lowest BCUT2D eigenvalue weighted by Gasteiger charge is -2.38. The predicted molar refractivity (Wildman–Crippen MR) is 76.9 cm³/mol. The van der Waals surface area contributed by atoms with E-state index < -0.39 is 24.6 Å². The van der Waals surface area contributed by atoms with Crippen molar-refractivity contribution in [3.05, 3.63) is 42.0 Å². The van der Waals surface area contributed by atoms with Crippen LogP contribution in [0.5, 0.6) is 0 Å². The SMILES string of the molecule is C/C(=C/C(=O)N1CCC(O)(C(F)(F)F)CC1)c1ccccc1. The van der Waals surface area contributed by atoms with Gasteiger partial charge in [-0.15, -0.1) is 0 Å². The summed E-state index contributed by atoms with van der Waals surface area (Å²) in [4.78, 5) is 13.5. The second-order valence-corrected chi connectivity index (χ2v) is 5.55. The first-order chi connectivity index (χ1) is 10.2. The van der Waals surface area contributed by atoms with E-state index in [1.807, 2.05) is 30.3 Å². The highest BCUT2D eigenvalue weighted by atomic mass is 19.4. The van der Waals surface area contributed by atoms with Crippen LogP contribution in [0.2, 0.25) is 0 Å². The third kappa shape index (κ3) is 3.50. The van der Waals surface area contributed by atoms with Crippen molar-refractivity contribution < 1.29 is 23.1 Å². The zero-order chi connectivity index (χ0) is 16.4. The molecule has 1 fully saturated rings. The van der Waals surface area contributed by atoms with Crippen LogP contribution in [0.4, 0.5) is 13.2 Å². The molecule has 1 saturated heterocycles. The lowest BCUT2D eigenvalue weighted by atomic mass is 9.90. The molecule has 1 aromatic carbocycles. The summed E-state index contributed by atoms with van der Waals surface area (Å²) in [6.07, 6.45) is -4.20. The first-order valence-corrected chi connectivity index (χ1v) is 7.05. The predicted octanol–water partition coefficient (Wildman–Crippen LogP) is 3.01. The Kier molecular flexibility index (Phi) is 4.60. The van der Waals surface area contributed by atoms with E-state index in [1.165, 1.54) is 11.0 Å². The van der Waals surface area contributed by atoms with Gasteiger partial charge in [0.25, 0.3) is 0 Å².